The van der Waals surface area contributed by atoms with Crippen LogP contribution in [0.15, 0.2) is 0 Å². The molecule has 1 fully saturated rings. The summed E-state index contributed by atoms with van der Waals surface area (Å²) in [4.78, 5) is 12.0. The number of rotatable bonds is 6. The van der Waals surface area contributed by atoms with Crippen LogP contribution < -0.4 is 0 Å². The molecular formula is C11H20O3. The topological polar surface area (TPSA) is 35.5 Å². The Morgan fingerprint density at radius 2 is 1.93 bits per heavy atom. The van der Waals surface area contributed by atoms with Crippen molar-refractivity contribution in [2.24, 2.45) is 11.8 Å². The summed E-state index contributed by atoms with van der Waals surface area (Å²) in [5, 5.41) is 0. The van der Waals surface area contributed by atoms with Gasteiger partial charge in [-0.2, -0.15) is 0 Å². The van der Waals surface area contributed by atoms with E-state index in [0.29, 0.717) is 5.78 Å². The average molecular weight is 200 g/mol. The van der Waals surface area contributed by atoms with Gasteiger partial charge in [-0.1, -0.05) is 13.3 Å². The summed E-state index contributed by atoms with van der Waals surface area (Å²) in [6.07, 6.45) is 3.72. The van der Waals surface area contributed by atoms with Gasteiger partial charge in [0.25, 0.3) is 0 Å². The molecule has 0 spiro atoms. The van der Waals surface area contributed by atoms with E-state index >= 15 is 0 Å². The molecule has 1 atom stereocenters. The number of ketones is 1. The lowest BCUT2D eigenvalue weighted by Crippen LogP contribution is -2.37. The molecule has 0 heterocycles. The Bertz CT molecular complexity index is 183. The number of Topliss-reactive ketones (excluding diaryl/α,β-unsaturated/α-hetero) is 1. The zero-order valence-corrected chi connectivity index (χ0v) is 9.29. The highest BCUT2D eigenvalue weighted by Crippen LogP contribution is 2.32. The Kier molecular flexibility index (Phi) is 4.55. The van der Waals surface area contributed by atoms with Crippen molar-refractivity contribution in [1.82, 2.24) is 0 Å². The van der Waals surface area contributed by atoms with Gasteiger partial charge in [0, 0.05) is 20.1 Å². The fourth-order valence-corrected chi connectivity index (χ4v) is 1.95. The molecule has 3 nitrogen and oxygen atoms in total. The van der Waals surface area contributed by atoms with Gasteiger partial charge in [0.15, 0.2) is 6.29 Å². The largest absolute Gasteiger partial charge is 0.355 e. The maximum atomic E-state index is 12.0. The first-order valence-corrected chi connectivity index (χ1v) is 5.33. The van der Waals surface area contributed by atoms with E-state index in [0.717, 1.165) is 19.3 Å². The van der Waals surface area contributed by atoms with Crippen molar-refractivity contribution in [3.63, 3.8) is 0 Å². The normalized spacial score (nSPS) is 19.4. The molecule has 0 aliphatic heterocycles. The molecule has 1 aliphatic rings. The monoisotopic (exact) mass is 200 g/mol. The third-order valence-corrected chi connectivity index (χ3v) is 3.11. The van der Waals surface area contributed by atoms with Crippen molar-refractivity contribution in [3.05, 3.63) is 0 Å². The highest BCUT2D eigenvalue weighted by Gasteiger charge is 2.34. The highest BCUT2D eigenvalue weighted by atomic mass is 16.7. The van der Waals surface area contributed by atoms with Gasteiger partial charge < -0.3 is 9.47 Å². The Labute approximate surface area is 85.8 Å². The number of carbonyl (C=O) groups is 1. The third kappa shape index (κ3) is 2.34. The summed E-state index contributed by atoms with van der Waals surface area (Å²) in [6, 6.07) is 0. The van der Waals surface area contributed by atoms with E-state index in [4.69, 9.17) is 9.47 Å². The minimum Gasteiger partial charge on any atom is -0.355 e. The number of methoxy groups -OCH3 is 2. The summed E-state index contributed by atoms with van der Waals surface area (Å²) in [7, 11) is 3.18. The van der Waals surface area contributed by atoms with Gasteiger partial charge in [0.1, 0.15) is 5.78 Å². The SMILES string of the molecule is CCC(C(=O)C1CCC1)C(OC)OC. The lowest BCUT2D eigenvalue weighted by Gasteiger charge is -2.30. The number of carbonyl (C=O) groups excluding carboxylic acids is 1. The molecule has 0 aromatic heterocycles. The molecular weight excluding hydrogens is 180 g/mol. The second-order valence-electron chi connectivity index (χ2n) is 3.88. The predicted octanol–water partition coefficient (Wildman–Crippen LogP) is 2.00. The minimum absolute atomic E-state index is 0.0877. The highest BCUT2D eigenvalue weighted by molar-refractivity contribution is 5.84. The smallest absolute Gasteiger partial charge is 0.166 e. The van der Waals surface area contributed by atoms with Crippen LogP contribution in [-0.4, -0.2) is 26.3 Å². The number of hydrogen-bond acceptors (Lipinski definition) is 3. The van der Waals surface area contributed by atoms with Gasteiger partial charge in [0.05, 0.1) is 5.92 Å². The molecule has 1 rings (SSSR count). The minimum atomic E-state index is -0.368. The van der Waals surface area contributed by atoms with E-state index in [-0.39, 0.29) is 18.1 Å². The van der Waals surface area contributed by atoms with Crippen LogP contribution in [0.25, 0.3) is 0 Å². The van der Waals surface area contributed by atoms with E-state index in [1.54, 1.807) is 14.2 Å². The van der Waals surface area contributed by atoms with Crippen LogP contribution in [0.2, 0.25) is 0 Å². The van der Waals surface area contributed by atoms with Crippen molar-refractivity contribution < 1.29 is 14.3 Å². The average Bonchev–Trinajstić information content (AvgIpc) is 2.10. The van der Waals surface area contributed by atoms with Gasteiger partial charge in [-0.15, -0.1) is 0 Å². The van der Waals surface area contributed by atoms with E-state index in [2.05, 4.69) is 0 Å². The molecule has 0 aromatic rings. The molecule has 0 radical (unpaired) electrons. The predicted molar refractivity (Wildman–Crippen MR) is 53.9 cm³/mol. The van der Waals surface area contributed by atoms with Crippen LogP contribution in [-0.2, 0) is 14.3 Å². The first-order valence-electron chi connectivity index (χ1n) is 5.33. The molecule has 1 unspecified atom stereocenters. The molecule has 1 aliphatic carbocycles. The summed E-state index contributed by atoms with van der Waals surface area (Å²) in [5.74, 6) is 0.510. The van der Waals surface area contributed by atoms with Crippen LogP contribution in [0.3, 0.4) is 0 Å². The van der Waals surface area contributed by atoms with Crippen molar-refractivity contribution in [2.75, 3.05) is 14.2 Å². The molecule has 0 saturated heterocycles. The lowest BCUT2D eigenvalue weighted by molar-refractivity contribution is -0.161. The van der Waals surface area contributed by atoms with E-state index in [1.807, 2.05) is 6.92 Å². The van der Waals surface area contributed by atoms with Gasteiger partial charge in [-0.3, -0.25) is 4.79 Å². The van der Waals surface area contributed by atoms with Crippen molar-refractivity contribution in [2.45, 2.75) is 38.9 Å². The molecule has 0 N–H and O–H groups in total. The van der Waals surface area contributed by atoms with Gasteiger partial charge in [0.2, 0.25) is 0 Å². The van der Waals surface area contributed by atoms with E-state index in [1.165, 1.54) is 6.42 Å². The van der Waals surface area contributed by atoms with Crippen LogP contribution in [0.4, 0.5) is 0 Å². The quantitative estimate of drug-likeness (QED) is 0.615. The van der Waals surface area contributed by atoms with Gasteiger partial charge >= 0.3 is 0 Å². The van der Waals surface area contributed by atoms with Gasteiger partial charge in [-0.05, 0) is 19.3 Å². The Morgan fingerprint density at radius 1 is 1.36 bits per heavy atom. The zero-order valence-electron chi connectivity index (χ0n) is 9.29. The number of hydrogen-bond donors (Lipinski definition) is 0. The third-order valence-electron chi connectivity index (χ3n) is 3.11. The summed E-state index contributed by atoms with van der Waals surface area (Å²) >= 11 is 0. The van der Waals surface area contributed by atoms with Crippen molar-refractivity contribution in [1.29, 1.82) is 0 Å². The lowest BCUT2D eigenvalue weighted by atomic mass is 9.77. The van der Waals surface area contributed by atoms with E-state index < -0.39 is 0 Å². The second-order valence-corrected chi connectivity index (χ2v) is 3.88. The maximum absolute atomic E-state index is 12.0. The molecule has 0 aromatic carbocycles. The molecule has 3 heteroatoms. The molecule has 82 valence electrons. The second kappa shape index (κ2) is 5.47. The molecule has 1 saturated carbocycles. The van der Waals surface area contributed by atoms with Crippen LogP contribution in [0, 0.1) is 11.8 Å². The van der Waals surface area contributed by atoms with Crippen LogP contribution >= 0.6 is 0 Å². The zero-order chi connectivity index (χ0) is 10.6. The van der Waals surface area contributed by atoms with Gasteiger partial charge in [-0.25, -0.2) is 0 Å². The Hall–Kier alpha value is -0.410. The first-order chi connectivity index (χ1) is 6.74. The fraction of sp³-hybridized carbons (Fsp3) is 0.909. The Morgan fingerprint density at radius 3 is 2.21 bits per heavy atom. The van der Waals surface area contributed by atoms with E-state index in [9.17, 15) is 4.79 Å². The van der Waals surface area contributed by atoms with Crippen LogP contribution in [0.1, 0.15) is 32.6 Å². The summed E-state index contributed by atoms with van der Waals surface area (Å²) in [5.41, 5.74) is 0. The fourth-order valence-electron chi connectivity index (χ4n) is 1.95. The maximum Gasteiger partial charge on any atom is 0.166 e. The standard InChI is InChI=1S/C11H20O3/c1-4-9(11(13-2)14-3)10(12)8-6-5-7-8/h8-9,11H,4-7H2,1-3H3. The molecule has 14 heavy (non-hydrogen) atoms. The number of ether oxygens (including phenoxy) is 2. The Balaban J connectivity index is 2.54. The molecule has 0 amide bonds. The summed E-state index contributed by atoms with van der Waals surface area (Å²) in [6.45, 7) is 2.01. The summed E-state index contributed by atoms with van der Waals surface area (Å²) < 4.78 is 10.3. The van der Waals surface area contributed by atoms with Crippen LogP contribution in [0.5, 0.6) is 0 Å². The van der Waals surface area contributed by atoms with Crippen molar-refractivity contribution >= 4 is 5.78 Å². The first kappa shape index (κ1) is 11.7. The van der Waals surface area contributed by atoms with Crippen molar-refractivity contribution in [3.8, 4) is 0 Å². The molecule has 0 bridgehead atoms.